The van der Waals surface area contributed by atoms with E-state index in [4.69, 9.17) is 0 Å². The molecule has 0 aromatic heterocycles. The molecule has 0 bridgehead atoms. The van der Waals surface area contributed by atoms with Crippen LogP contribution in [-0.4, -0.2) is 87.9 Å². The molecule has 0 radical (unpaired) electrons. The van der Waals surface area contributed by atoms with Gasteiger partial charge in [-0.2, -0.15) is 0 Å². The van der Waals surface area contributed by atoms with Crippen LogP contribution in [0, 0.1) is 11.8 Å². The third-order valence-corrected chi connectivity index (χ3v) is 8.62. The Bertz CT molecular complexity index is 605. The van der Waals surface area contributed by atoms with E-state index >= 15 is 0 Å². The average molecular weight is 348 g/mol. The van der Waals surface area contributed by atoms with Gasteiger partial charge >= 0.3 is 0 Å². The highest BCUT2D eigenvalue weighted by Gasteiger charge is 2.29. The van der Waals surface area contributed by atoms with Gasteiger partial charge in [0.15, 0.2) is 19.7 Å². The topological polar surface area (TPSA) is 74.8 Å². The van der Waals surface area contributed by atoms with Gasteiger partial charge in [0, 0.05) is 26.2 Å². The van der Waals surface area contributed by atoms with Crippen LogP contribution in [0.5, 0.6) is 0 Å². The molecule has 0 aromatic rings. The zero-order chi connectivity index (χ0) is 16.4. The van der Waals surface area contributed by atoms with Crippen LogP contribution < -0.4 is 0 Å². The van der Waals surface area contributed by atoms with Gasteiger partial charge in [-0.05, 0) is 13.8 Å². The van der Waals surface area contributed by atoms with E-state index in [-0.39, 0.29) is 22.0 Å². The SMILES string of the molecule is CC1CN(CC#CCN2CCS(=O)(=O)C(C)C2)CCS1(=O)=O. The van der Waals surface area contributed by atoms with E-state index in [2.05, 4.69) is 21.6 Å². The number of hydrogen-bond donors (Lipinski definition) is 0. The third kappa shape index (κ3) is 4.44. The van der Waals surface area contributed by atoms with Gasteiger partial charge in [-0.1, -0.05) is 11.8 Å². The molecule has 8 heteroatoms. The zero-order valence-corrected chi connectivity index (χ0v) is 14.8. The predicted molar refractivity (Wildman–Crippen MR) is 87.2 cm³/mol. The summed E-state index contributed by atoms with van der Waals surface area (Å²) in [6.07, 6.45) is 0. The van der Waals surface area contributed by atoms with Crippen LogP contribution in [0.3, 0.4) is 0 Å². The Morgan fingerprint density at radius 1 is 0.818 bits per heavy atom. The van der Waals surface area contributed by atoms with Crippen molar-refractivity contribution in [2.45, 2.75) is 24.3 Å². The second-order valence-electron chi connectivity index (χ2n) is 6.18. The minimum absolute atomic E-state index is 0.206. The fourth-order valence-corrected chi connectivity index (χ4v) is 5.38. The summed E-state index contributed by atoms with van der Waals surface area (Å²) in [6.45, 7) is 6.78. The van der Waals surface area contributed by atoms with Gasteiger partial charge in [-0.3, -0.25) is 9.80 Å². The molecule has 2 atom stereocenters. The quantitative estimate of drug-likeness (QED) is 0.610. The minimum atomic E-state index is -2.91. The monoisotopic (exact) mass is 348 g/mol. The van der Waals surface area contributed by atoms with E-state index in [9.17, 15) is 16.8 Å². The molecule has 0 amide bonds. The fourth-order valence-electron chi connectivity index (χ4n) is 2.67. The van der Waals surface area contributed by atoms with E-state index in [1.165, 1.54) is 0 Å². The number of nitrogens with zero attached hydrogens (tertiary/aromatic N) is 2. The van der Waals surface area contributed by atoms with E-state index in [1.807, 2.05) is 0 Å². The van der Waals surface area contributed by atoms with Crippen molar-refractivity contribution in [1.82, 2.24) is 9.80 Å². The van der Waals surface area contributed by atoms with Crippen LogP contribution in [0.15, 0.2) is 0 Å². The van der Waals surface area contributed by atoms with Gasteiger partial charge in [0.1, 0.15) is 0 Å². The van der Waals surface area contributed by atoms with Gasteiger partial charge in [0.25, 0.3) is 0 Å². The van der Waals surface area contributed by atoms with Crippen molar-refractivity contribution >= 4 is 19.7 Å². The second kappa shape index (κ2) is 6.87. The Balaban J connectivity index is 1.77. The number of sulfone groups is 2. The van der Waals surface area contributed by atoms with Gasteiger partial charge in [-0.15, -0.1) is 0 Å². The first kappa shape index (κ1) is 17.7. The first-order valence-electron chi connectivity index (χ1n) is 7.54. The Morgan fingerprint density at radius 2 is 1.18 bits per heavy atom. The summed E-state index contributed by atoms with van der Waals surface area (Å²) in [5.74, 6) is 6.56. The standard InChI is InChI=1S/C14H24N2O4S2/c1-13-11-15(7-9-21(13,17)18)5-3-4-6-16-8-10-22(19,20)14(2)12-16/h13-14H,5-12H2,1-2H3. The van der Waals surface area contributed by atoms with Crippen molar-refractivity contribution in [3.63, 3.8) is 0 Å². The normalized spacial score (nSPS) is 32.1. The summed E-state index contributed by atoms with van der Waals surface area (Å²) >= 11 is 0. The molecule has 6 nitrogen and oxygen atoms in total. The first-order chi connectivity index (χ1) is 10.2. The molecule has 0 aromatic carbocycles. The van der Waals surface area contributed by atoms with E-state index < -0.39 is 19.7 Å². The second-order valence-corrected chi connectivity index (χ2v) is 11.3. The highest BCUT2D eigenvalue weighted by atomic mass is 32.2. The summed E-state index contributed by atoms with van der Waals surface area (Å²) < 4.78 is 46.5. The number of rotatable bonds is 2. The molecule has 22 heavy (non-hydrogen) atoms. The third-order valence-electron chi connectivity index (χ3n) is 4.37. The number of hydrogen-bond acceptors (Lipinski definition) is 6. The Labute approximate surface area is 133 Å². The van der Waals surface area contributed by atoms with Crippen LogP contribution in [0.1, 0.15) is 13.8 Å². The molecular weight excluding hydrogens is 324 g/mol. The van der Waals surface area contributed by atoms with Crippen molar-refractivity contribution in [1.29, 1.82) is 0 Å². The van der Waals surface area contributed by atoms with Crippen molar-refractivity contribution in [3.05, 3.63) is 0 Å². The van der Waals surface area contributed by atoms with Gasteiger partial charge in [0.05, 0.1) is 35.1 Å². The molecule has 0 aliphatic carbocycles. The molecule has 2 aliphatic heterocycles. The maximum absolute atomic E-state index is 11.6. The summed E-state index contributed by atoms with van der Waals surface area (Å²) in [6, 6.07) is 0. The lowest BCUT2D eigenvalue weighted by Gasteiger charge is -2.29. The lowest BCUT2D eigenvalue weighted by Crippen LogP contribution is -2.46. The minimum Gasteiger partial charge on any atom is -0.290 e. The molecule has 126 valence electrons. The van der Waals surface area contributed by atoms with Crippen LogP contribution in [0.4, 0.5) is 0 Å². The molecular formula is C14H24N2O4S2. The van der Waals surface area contributed by atoms with Crippen molar-refractivity contribution < 1.29 is 16.8 Å². The lowest BCUT2D eigenvalue weighted by molar-refractivity contribution is 0.306. The van der Waals surface area contributed by atoms with Crippen molar-refractivity contribution in [2.24, 2.45) is 0 Å². The molecule has 2 aliphatic rings. The molecule has 2 saturated heterocycles. The fraction of sp³-hybridized carbons (Fsp3) is 0.857. The summed E-state index contributed by atoms with van der Waals surface area (Å²) in [5, 5.41) is -0.646. The largest absolute Gasteiger partial charge is 0.290 e. The summed E-state index contributed by atoms with van der Waals surface area (Å²) in [4.78, 5) is 4.12. The van der Waals surface area contributed by atoms with Crippen LogP contribution in [-0.2, 0) is 19.7 Å². The molecule has 2 fully saturated rings. The first-order valence-corrected chi connectivity index (χ1v) is 11.0. The summed E-state index contributed by atoms with van der Waals surface area (Å²) in [5.41, 5.74) is 0. The Kier molecular flexibility index (Phi) is 5.54. The van der Waals surface area contributed by atoms with E-state index in [0.29, 0.717) is 39.3 Å². The molecule has 2 heterocycles. The predicted octanol–water partition coefficient (Wildman–Crippen LogP) is -0.772. The maximum atomic E-state index is 11.6. The summed E-state index contributed by atoms with van der Waals surface area (Å²) in [7, 11) is -5.83. The lowest BCUT2D eigenvalue weighted by atomic mass is 10.3. The van der Waals surface area contributed by atoms with Crippen molar-refractivity contribution in [2.75, 3.05) is 50.8 Å². The van der Waals surface area contributed by atoms with Gasteiger partial charge in [-0.25, -0.2) is 16.8 Å². The molecule has 2 unspecified atom stereocenters. The molecule has 0 spiro atoms. The average Bonchev–Trinajstić information content (AvgIpc) is 2.43. The van der Waals surface area contributed by atoms with E-state index in [0.717, 1.165) is 0 Å². The van der Waals surface area contributed by atoms with E-state index in [1.54, 1.807) is 13.8 Å². The smallest absolute Gasteiger partial charge is 0.155 e. The highest BCUT2D eigenvalue weighted by Crippen LogP contribution is 2.12. The van der Waals surface area contributed by atoms with Crippen LogP contribution >= 0.6 is 0 Å². The zero-order valence-electron chi connectivity index (χ0n) is 13.2. The highest BCUT2D eigenvalue weighted by molar-refractivity contribution is 7.92. The molecule has 0 N–H and O–H groups in total. The maximum Gasteiger partial charge on any atom is 0.155 e. The van der Waals surface area contributed by atoms with Gasteiger partial charge in [0.2, 0.25) is 0 Å². The molecule has 0 saturated carbocycles. The van der Waals surface area contributed by atoms with Crippen LogP contribution in [0.25, 0.3) is 0 Å². The van der Waals surface area contributed by atoms with Crippen LogP contribution in [0.2, 0.25) is 0 Å². The van der Waals surface area contributed by atoms with Crippen molar-refractivity contribution in [3.8, 4) is 11.8 Å². The Hall–Kier alpha value is -0.620. The molecule has 2 rings (SSSR count). The van der Waals surface area contributed by atoms with Gasteiger partial charge < -0.3 is 0 Å². The Morgan fingerprint density at radius 3 is 1.50 bits per heavy atom.